The van der Waals surface area contributed by atoms with Crippen LogP contribution >= 0.6 is 0 Å². The maximum absolute atomic E-state index is 11.4. The standard InChI is InChI=1S/C13H22O3/c1-2-15-11-7-3-4-10-13(14)16-12-8-5-6-9-12/h8H,2-7,9-11H2,1H3. The average Bonchev–Trinajstić information content (AvgIpc) is 2.76. The summed E-state index contributed by atoms with van der Waals surface area (Å²) in [4.78, 5) is 11.4. The van der Waals surface area contributed by atoms with Crippen molar-refractivity contribution in [2.75, 3.05) is 13.2 Å². The zero-order chi connectivity index (χ0) is 11.6. The third kappa shape index (κ3) is 5.91. The summed E-state index contributed by atoms with van der Waals surface area (Å²) in [5, 5.41) is 0. The number of allylic oxidation sites excluding steroid dienone is 2. The molecule has 0 N–H and O–H groups in total. The molecule has 1 rings (SSSR count). The summed E-state index contributed by atoms with van der Waals surface area (Å²) in [6.45, 7) is 3.57. The average molecular weight is 226 g/mol. The lowest BCUT2D eigenvalue weighted by atomic mass is 10.2. The van der Waals surface area contributed by atoms with Crippen LogP contribution in [-0.4, -0.2) is 19.2 Å². The van der Waals surface area contributed by atoms with Crippen molar-refractivity contribution in [3.63, 3.8) is 0 Å². The molecule has 0 aliphatic heterocycles. The van der Waals surface area contributed by atoms with E-state index in [0.29, 0.717) is 6.42 Å². The van der Waals surface area contributed by atoms with Gasteiger partial charge in [0.1, 0.15) is 5.76 Å². The van der Waals surface area contributed by atoms with Gasteiger partial charge in [-0.05, 0) is 38.7 Å². The van der Waals surface area contributed by atoms with Crippen LogP contribution in [0.3, 0.4) is 0 Å². The molecule has 3 heteroatoms. The first kappa shape index (κ1) is 13.2. The molecular weight excluding hydrogens is 204 g/mol. The molecule has 16 heavy (non-hydrogen) atoms. The maximum atomic E-state index is 11.4. The lowest BCUT2D eigenvalue weighted by Gasteiger charge is -2.04. The number of ether oxygens (including phenoxy) is 2. The Kier molecular flexibility index (Phi) is 6.90. The van der Waals surface area contributed by atoms with Crippen molar-refractivity contribution in [3.05, 3.63) is 11.8 Å². The van der Waals surface area contributed by atoms with Gasteiger partial charge in [0.05, 0.1) is 0 Å². The van der Waals surface area contributed by atoms with Gasteiger partial charge in [0.25, 0.3) is 0 Å². The molecular formula is C13H22O3. The van der Waals surface area contributed by atoms with Crippen LogP contribution in [0.1, 0.15) is 51.9 Å². The first-order valence-corrected chi connectivity index (χ1v) is 6.30. The van der Waals surface area contributed by atoms with Crippen molar-refractivity contribution in [3.8, 4) is 0 Å². The van der Waals surface area contributed by atoms with Crippen molar-refractivity contribution in [2.24, 2.45) is 0 Å². The minimum Gasteiger partial charge on any atom is -0.431 e. The van der Waals surface area contributed by atoms with Gasteiger partial charge in [0, 0.05) is 26.1 Å². The van der Waals surface area contributed by atoms with Crippen LogP contribution in [0.5, 0.6) is 0 Å². The highest BCUT2D eigenvalue weighted by atomic mass is 16.5. The number of hydrogen-bond donors (Lipinski definition) is 0. The summed E-state index contributed by atoms with van der Waals surface area (Å²) in [6.07, 6.45) is 8.62. The number of hydrogen-bond acceptors (Lipinski definition) is 3. The maximum Gasteiger partial charge on any atom is 0.310 e. The van der Waals surface area contributed by atoms with Crippen LogP contribution in [-0.2, 0) is 14.3 Å². The van der Waals surface area contributed by atoms with E-state index in [1.807, 2.05) is 13.0 Å². The topological polar surface area (TPSA) is 35.5 Å². The number of carbonyl (C=O) groups is 1. The van der Waals surface area contributed by atoms with Crippen molar-refractivity contribution in [1.82, 2.24) is 0 Å². The Labute approximate surface area is 97.8 Å². The molecule has 0 atom stereocenters. The van der Waals surface area contributed by atoms with E-state index in [1.165, 1.54) is 0 Å². The first-order valence-electron chi connectivity index (χ1n) is 6.30. The van der Waals surface area contributed by atoms with Gasteiger partial charge < -0.3 is 9.47 Å². The molecule has 0 aromatic carbocycles. The van der Waals surface area contributed by atoms with Gasteiger partial charge in [0.15, 0.2) is 0 Å². The van der Waals surface area contributed by atoms with Gasteiger partial charge in [-0.25, -0.2) is 0 Å². The first-order chi connectivity index (χ1) is 7.83. The van der Waals surface area contributed by atoms with E-state index < -0.39 is 0 Å². The molecule has 0 amide bonds. The molecule has 0 saturated heterocycles. The summed E-state index contributed by atoms with van der Waals surface area (Å²) in [7, 11) is 0. The number of carbonyl (C=O) groups excluding carboxylic acids is 1. The van der Waals surface area contributed by atoms with Crippen LogP contribution < -0.4 is 0 Å². The van der Waals surface area contributed by atoms with Gasteiger partial charge in [-0.2, -0.15) is 0 Å². The molecule has 1 aliphatic rings. The zero-order valence-corrected chi connectivity index (χ0v) is 10.2. The summed E-state index contributed by atoms with van der Waals surface area (Å²) >= 11 is 0. The van der Waals surface area contributed by atoms with Crippen molar-refractivity contribution >= 4 is 5.97 Å². The van der Waals surface area contributed by atoms with Crippen molar-refractivity contribution < 1.29 is 14.3 Å². The number of unbranched alkanes of at least 4 members (excludes halogenated alkanes) is 2. The van der Waals surface area contributed by atoms with Crippen molar-refractivity contribution in [2.45, 2.75) is 51.9 Å². The monoisotopic (exact) mass is 226 g/mol. The summed E-state index contributed by atoms with van der Waals surface area (Å²) in [5.41, 5.74) is 0. The molecule has 0 aromatic heterocycles. The zero-order valence-electron chi connectivity index (χ0n) is 10.2. The number of esters is 1. The van der Waals surface area contributed by atoms with Crippen LogP contribution in [0.25, 0.3) is 0 Å². The molecule has 0 bridgehead atoms. The highest BCUT2D eigenvalue weighted by molar-refractivity contribution is 5.70. The Balaban J connectivity index is 1.94. The Morgan fingerprint density at radius 2 is 2.25 bits per heavy atom. The molecule has 0 saturated carbocycles. The Bertz CT molecular complexity index is 233. The second-order valence-corrected chi connectivity index (χ2v) is 4.04. The Morgan fingerprint density at radius 1 is 1.38 bits per heavy atom. The van der Waals surface area contributed by atoms with Gasteiger partial charge in [-0.1, -0.05) is 6.42 Å². The Hall–Kier alpha value is -0.830. The van der Waals surface area contributed by atoms with Crippen LogP contribution in [0, 0.1) is 0 Å². The molecule has 3 nitrogen and oxygen atoms in total. The van der Waals surface area contributed by atoms with Gasteiger partial charge in [0.2, 0.25) is 0 Å². The SMILES string of the molecule is CCOCCCCCC(=O)OC1=CCCC1. The predicted octanol–water partition coefficient (Wildman–Crippen LogP) is 3.19. The van der Waals surface area contributed by atoms with E-state index in [1.54, 1.807) is 0 Å². The van der Waals surface area contributed by atoms with E-state index in [2.05, 4.69) is 0 Å². The second-order valence-electron chi connectivity index (χ2n) is 4.04. The number of rotatable bonds is 8. The molecule has 0 unspecified atom stereocenters. The highest BCUT2D eigenvalue weighted by Crippen LogP contribution is 2.19. The van der Waals surface area contributed by atoms with E-state index in [0.717, 1.165) is 57.5 Å². The van der Waals surface area contributed by atoms with Crippen LogP contribution in [0.15, 0.2) is 11.8 Å². The summed E-state index contributed by atoms with van der Waals surface area (Å²) in [6, 6.07) is 0. The molecule has 0 fully saturated rings. The van der Waals surface area contributed by atoms with Crippen LogP contribution in [0.2, 0.25) is 0 Å². The molecule has 0 radical (unpaired) electrons. The fourth-order valence-electron chi connectivity index (χ4n) is 1.73. The minimum absolute atomic E-state index is 0.0791. The molecule has 1 aliphatic carbocycles. The quantitative estimate of drug-likeness (QED) is 0.471. The largest absolute Gasteiger partial charge is 0.431 e. The van der Waals surface area contributed by atoms with Crippen molar-refractivity contribution in [1.29, 1.82) is 0 Å². The Morgan fingerprint density at radius 3 is 2.94 bits per heavy atom. The molecule has 0 aromatic rings. The lowest BCUT2D eigenvalue weighted by Crippen LogP contribution is -2.03. The van der Waals surface area contributed by atoms with Gasteiger partial charge in [-0.15, -0.1) is 0 Å². The minimum atomic E-state index is -0.0791. The summed E-state index contributed by atoms with van der Waals surface area (Å²) in [5.74, 6) is 0.795. The van der Waals surface area contributed by atoms with Gasteiger partial charge in [-0.3, -0.25) is 4.79 Å². The van der Waals surface area contributed by atoms with Crippen LogP contribution in [0.4, 0.5) is 0 Å². The summed E-state index contributed by atoms with van der Waals surface area (Å²) < 4.78 is 10.5. The van der Waals surface area contributed by atoms with E-state index in [9.17, 15) is 4.79 Å². The van der Waals surface area contributed by atoms with E-state index in [-0.39, 0.29) is 5.97 Å². The highest BCUT2D eigenvalue weighted by Gasteiger charge is 2.10. The van der Waals surface area contributed by atoms with E-state index in [4.69, 9.17) is 9.47 Å². The predicted molar refractivity (Wildman–Crippen MR) is 63.0 cm³/mol. The smallest absolute Gasteiger partial charge is 0.310 e. The lowest BCUT2D eigenvalue weighted by molar-refractivity contribution is -0.139. The molecule has 0 heterocycles. The van der Waals surface area contributed by atoms with E-state index >= 15 is 0 Å². The third-order valence-corrected chi connectivity index (χ3v) is 2.62. The molecule has 0 spiro atoms. The molecule has 92 valence electrons. The fraction of sp³-hybridized carbons (Fsp3) is 0.769. The normalized spacial score (nSPS) is 14.9. The third-order valence-electron chi connectivity index (χ3n) is 2.62. The van der Waals surface area contributed by atoms with Gasteiger partial charge >= 0.3 is 5.97 Å². The second kappa shape index (κ2) is 8.34. The fourth-order valence-corrected chi connectivity index (χ4v) is 1.73.